The molecule has 0 aromatic heterocycles. The summed E-state index contributed by atoms with van der Waals surface area (Å²) >= 11 is 5.72. The third kappa shape index (κ3) is 20.8. The van der Waals surface area contributed by atoms with Gasteiger partial charge in [-0.25, -0.2) is 0 Å². The molecule has 1 atom stereocenters. The Balaban J connectivity index is 1.93. The van der Waals surface area contributed by atoms with E-state index in [1.165, 1.54) is 102 Å². The molecule has 0 heterocycles. The molecule has 1 rings (SSSR count). The molecular weight excluding hydrogens is 440 g/mol. The van der Waals surface area contributed by atoms with Gasteiger partial charge >= 0.3 is 0 Å². The summed E-state index contributed by atoms with van der Waals surface area (Å²) in [6.07, 6.45) is 21.6. The lowest BCUT2D eigenvalue weighted by Gasteiger charge is -2.26. The average Bonchev–Trinajstić information content (AvgIpc) is 2.81. The molecule has 0 N–H and O–H groups in total. The molecule has 34 heavy (non-hydrogen) atoms. The molecule has 0 aliphatic carbocycles. The molecule has 0 bridgehead atoms. The van der Waals surface area contributed by atoms with Crippen LogP contribution in [0.15, 0.2) is 30.3 Å². The van der Waals surface area contributed by atoms with Crippen LogP contribution in [-0.2, 0) is 16.1 Å². The van der Waals surface area contributed by atoms with E-state index in [0.717, 1.165) is 18.9 Å². The minimum atomic E-state index is 0.163. The summed E-state index contributed by atoms with van der Waals surface area (Å²) in [5, 5.41) is 0. The van der Waals surface area contributed by atoms with Crippen molar-refractivity contribution in [2.24, 2.45) is 5.41 Å². The van der Waals surface area contributed by atoms with Gasteiger partial charge in [-0.15, -0.1) is 11.6 Å². The van der Waals surface area contributed by atoms with E-state index in [-0.39, 0.29) is 11.5 Å². The third-order valence-corrected chi connectivity index (χ3v) is 6.66. The Morgan fingerprint density at radius 2 is 1.15 bits per heavy atom. The predicted octanol–water partition coefficient (Wildman–Crippen LogP) is 10.1. The van der Waals surface area contributed by atoms with Gasteiger partial charge in [0.15, 0.2) is 0 Å². The minimum Gasteiger partial charge on any atom is -0.379 e. The van der Waals surface area contributed by atoms with Crippen LogP contribution in [0, 0.1) is 5.41 Å². The lowest BCUT2D eigenvalue weighted by Crippen LogP contribution is -2.26. The molecule has 0 radical (unpaired) electrons. The van der Waals surface area contributed by atoms with Gasteiger partial charge in [-0.2, -0.15) is 0 Å². The summed E-state index contributed by atoms with van der Waals surface area (Å²) in [5.41, 5.74) is 1.48. The smallest absolute Gasteiger partial charge is 0.0818 e. The Morgan fingerprint density at radius 3 is 1.62 bits per heavy atom. The van der Waals surface area contributed by atoms with E-state index in [9.17, 15) is 0 Å². The van der Waals surface area contributed by atoms with Crippen LogP contribution in [-0.4, -0.2) is 25.2 Å². The fourth-order valence-electron chi connectivity index (χ4n) is 4.45. The first-order valence-corrected chi connectivity index (χ1v) is 14.8. The molecule has 1 aromatic rings. The quantitative estimate of drug-likeness (QED) is 0.111. The molecule has 1 unspecified atom stereocenters. The molecular formula is C31H55ClO2. The van der Waals surface area contributed by atoms with Crippen molar-refractivity contribution in [1.82, 2.24) is 0 Å². The van der Waals surface area contributed by atoms with Crippen molar-refractivity contribution in [3.8, 4) is 0 Å². The number of halogens is 1. The predicted molar refractivity (Wildman–Crippen MR) is 150 cm³/mol. The third-order valence-electron chi connectivity index (χ3n) is 6.39. The maximum absolute atomic E-state index is 6.21. The Labute approximate surface area is 217 Å². The van der Waals surface area contributed by atoms with Crippen molar-refractivity contribution in [1.29, 1.82) is 0 Å². The summed E-state index contributed by atoms with van der Waals surface area (Å²) in [6.45, 7) is 9.06. The zero-order valence-electron chi connectivity index (χ0n) is 22.8. The average molecular weight is 495 g/mol. The highest BCUT2D eigenvalue weighted by molar-refractivity contribution is 6.17. The van der Waals surface area contributed by atoms with Gasteiger partial charge in [0.25, 0.3) is 0 Å². The highest BCUT2D eigenvalue weighted by Gasteiger charge is 2.19. The Hall–Kier alpha value is -0.570. The second-order valence-electron chi connectivity index (χ2n) is 11.3. The summed E-state index contributed by atoms with van der Waals surface area (Å²) in [5.74, 6) is 0.830. The van der Waals surface area contributed by atoms with Gasteiger partial charge in [0.2, 0.25) is 0 Å². The maximum atomic E-state index is 6.21. The van der Waals surface area contributed by atoms with Crippen LogP contribution in [0.1, 0.15) is 129 Å². The number of unbranched alkanes of at least 4 members (excludes halogenated alkanes) is 14. The fourth-order valence-corrected chi connectivity index (χ4v) is 4.64. The van der Waals surface area contributed by atoms with Crippen molar-refractivity contribution in [2.75, 3.05) is 19.1 Å². The van der Waals surface area contributed by atoms with Crippen molar-refractivity contribution in [3.63, 3.8) is 0 Å². The van der Waals surface area contributed by atoms with Crippen molar-refractivity contribution in [3.05, 3.63) is 35.9 Å². The lowest BCUT2D eigenvalue weighted by atomic mass is 9.89. The molecule has 0 aliphatic rings. The Morgan fingerprint density at radius 1 is 0.676 bits per heavy atom. The van der Waals surface area contributed by atoms with Crippen LogP contribution in [0.25, 0.3) is 0 Å². The molecule has 0 aliphatic heterocycles. The summed E-state index contributed by atoms with van der Waals surface area (Å²) < 4.78 is 12.2. The van der Waals surface area contributed by atoms with Gasteiger partial charge in [0.1, 0.15) is 0 Å². The van der Waals surface area contributed by atoms with Crippen LogP contribution in [0.5, 0.6) is 0 Å². The highest BCUT2D eigenvalue weighted by Crippen LogP contribution is 2.23. The van der Waals surface area contributed by atoms with E-state index in [0.29, 0.717) is 13.2 Å². The first kappa shape index (κ1) is 31.5. The number of benzene rings is 1. The molecule has 198 valence electrons. The van der Waals surface area contributed by atoms with E-state index in [2.05, 4.69) is 45.0 Å². The van der Waals surface area contributed by atoms with E-state index < -0.39 is 0 Å². The van der Waals surface area contributed by atoms with Crippen LogP contribution in [0.3, 0.4) is 0 Å². The van der Waals surface area contributed by atoms with Crippen molar-refractivity contribution in [2.45, 2.75) is 136 Å². The lowest BCUT2D eigenvalue weighted by molar-refractivity contribution is -0.0430. The Bertz CT molecular complexity index is 540. The monoisotopic (exact) mass is 494 g/mol. The SMILES string of the molecule is CC(C)(C)CC(COCCCCCCCCCCCCCCCCCCl)OCc1ccccc1. The van der Waals surface area contributed by atoms with Gasteiger partial charge in [-0.3, -0.25) is 0 Å². The molecule has 0 spiro atoms. The van der Waals surface area contributed by atoms with E-state index in [1.54, 1.807) is 0 Å². The highest BCUT2D eigenvalue weighted by atomic mass is 35.5. The number of hydrogen-bond donors (Lipinski definition) is 0. The fraction of sp³-hybridized carbons (Fsp3) is 0.806. The number of ether oxygens (including phenoxy) is 2. The van der Waals surface area contributed by atoms with Crippen LogP contribution in [0.2, 0.25) is 0 Å². The van der Waals surface area contributed by atoms with Gasteiger partial charge in [-0.05, 0) is 30.2 Å². The van der Waals surface area contributed by atoms with E-state index >= 15 is 0 Å². The molecule has 1 aromatic carbocycles. The first-order valence-electron chi connectivity index (χ1n) is 14.3. The summed E-state index contributed by atoms with van der Waals surface area (Å²) in [7, 11) is 0. The van der Waals surface area contributed by atoms with E-state index in [4.69, 9.17) is 21.1 Å². The largest absolute Gasteiger partial charge is 0.379 e. The van der Waals surface area contributed by atoms with Crippen LogP contribution in [0.4, 0.5) is 0 Å². The van der Waals surface area contributed by atoms with Crippen LogP contribution < -0.4 is 0 Å². The zero-order valence-corrected chi connectivity index (χ0v) is 23.6. The molecule has 0 amide bonds. The molecule has 2 nitrogen and oxygen atoms in total. The number of alkyl halides is 1. The standard InChI is InChI=1S/C31H55ClO2/c1-31(2,3)26-30(34-27-29-22-18-17-19-23-29)28-33-25-21-16-14-12-10-8-6-4-5-7-9-11-13-15-20-24-32/h17-19,22-23,30H,4-16,20-21,24-28H2,1-3H3. The van der Waals surface area contributed by atoms with E-state index in [1.807, 2.05) is 6.07 Å². The Kier molecular flexibility index (Phi) is 20.1. The number of hydrogen-bond acceptors (Lipinski definition) is 2. The van der Waals surface area contributed by atoms with Gasteiger partial charge in [-0.1, -0.05) is 135 Å². The second kappa shape index (κ2) is 21.7. The maximum Gasteiger partial charge on any atom is 0.0818 e. The summed E-state index contributed by atoms with van der Waals surface area (Å²) in [6, 6.07) is 10.4. The normalized spacial score (nSPS) is 12.8. The number of rotatable bonds is 23. The zero-order chi connectivity index (χ0) is 24.7. The summed E-state index contributed by atoms with van der Waals surface area (Å²) in [4.78, 5) is 0. The minimum absolute atomic E-state index is 0.163. The molecule has 0 saturated carbocycles. The second-order valence-corrected chi connectivity index (χ2v) is 11.6. The van der Waals surface area contributed by atoms with Gasteiger partial charge in [0.05, 0.1) is 19.3 Å². The molecule has 0 fully saturated rings. The molecule has 0 saturated heterocycles. The van der Waals surface area contributed by atoms with Gasteiger partial charge in [0, 0.05) is 12.5 Å². The van der Waals surface area contributed by atoms with Gasteiger partial charge < -0.3 is 9.47 Å². The van der Waals surface area contributed by atoms with Crippen molar-refractivity contribution < 1.29 is 9.47 Å². The van der Waals surface area contributed by atoms with Crippen molar-refractivity contribution >= 4 is 11.6 Å². The van der Waals surface area contributed by atoms with Crippen LogP contribution >= 0.6 is 11.6 Å². The first-order chi connectivity index (χ1) is 16.5. The molecule has 3 heteroatoms. The topological polar surface area (TPSA) is 18.5 Å².